The Morgan fingerprint density at radius 2 is 1.16 bits per heavy atom. The molecule has 22 heteroatoms. The van der Waals surface area contributed by atoms with Crippen molar-refractivity contribution < 1.29 is 95.3 Å². The van der Waals surface area contributed by atoms with Gasteiger partial charge in [0.25, 0.3) is 11.8 Å². The van der Waals surface area contributed by atoms with Gasteiger partial charge in [0.15, 0.2) is 47.1 Å². The van der Waals surface area contributed by atoms with Crippen LogP contribution >= 0.6 is 0 Å². The summed E-state index contributed by atoms with van der Waals surface area (Å²) >= 11 is 0. The lowest BCUT2D eigenvalue weighted by atomic mass is 9.44. The van der Waals surface area contributed by atoms with Gasteiger partial charge in [0, 0.05) is 37.7 Å². The highest BCUT2D eigenvalue weighted by Crippen LogP contribution is 2.65. The van der Waals surface area contributed by atoms with Crippen LogP contribution in [-0.4, -0.2) is 123 Å². The molecule has 4 unspecified atom stereocenters. The standard InChI is InChI=1S/C63H61F3N2O17/c1-32-41(82-58(77)49(71)47(35-19-11-7-12-20-35)67-55(74)37-23-15-9-16-24-37)30-63(79)54(84-57(76)38-25-17-10-18-26-38)52-61(6,53(73)51(81-33(2)69)44(32)60(63,4)5)42(29-43-62(52,31-80-43)85-34(3)70)83-59(78)50(72)48(36-21-13-8-14-22-36)68-56(75)39-27-28-40(64)46(66)45(39)65/h7-28,41-43,47-52,54,71-72,79H,29-31H2,1-6H3,(H,67,74)(H,68,75)/t41-,42-,43+,47-,48?,49+,50?,51+,52?,54?,61+,62-,63+/m0/s1. The van der Waals surface area contributed by atoms with E-state index >= 15 is 9.18 Å². The molecule has 0 aromatic heterocycles. The Morgan fingerprint density at radius 3 is 1.68 bits per heavy atom. The van der Waals surface area contributed by atoms with Gasteiger partial charge in [0.2, 0.25) is 0 Å². The van der Waals surface area contributed by atoms with Crippen LogP contribution in [0.5, 0.6) is 0 Å². The summed E-state index contributed by atoms with van der Waals surface area (Å²) in [5.41, 5.74) is -10.0. The van der Waals surface area contributed by atoms with Crippen molar-refractivity contribution in [3.8, 4) is 0 Å². The fraction of sp³-hybridized carbons (Fsp3) is 0.365. The van der Waals surface area contributed by atoms with Crippen molar-refractivity contribution in [2.75, 3.05) is 6.61 Å². The fourth-order valence-corrected chi connectivity index (χ4v) is 12.6. The number of carbonyl (C=O) groups excluding carboxylic acids is 8. The van der Waals surface area contributed by atoms with Crippen LogP contribution in [0.25, 0.3) is 0 Å². The number of carbonyl (C=O) groups is 8. The van der Waals surface area contributed by atoms with Gasteiger partial charge in [0.1, 0.15) is 30.0 Å². The predicted molar refractivity (Wildman–Crippen MR) is 291 cm³/mol. The minimum absolute atomic E-state index is 0.00653. The lowest BCUT2D eigenvalue weighted by molar-refractivity contribution is -0.346. The number of amides is 2. The van der Waals surface area contributed by atoms with E-state index in [1.165, 1.54) is 88.4 Å². The number of rotatable bonds is 16. The Hall–Kier alpha value is -8.57. The summed E-state index contributed by atoms with van der Waals surface area (Å²) in [6, 6.07) is 28.3. The molecule has 2 saturated carbocycles. The van der Waals surface area contributed by atoms with E-state index in [0.29, 0.717) is 12.1 Å². The zero-order valence-corrected chi connectivity index (χ0v) is 46.8. The summed E-state index contributed by atoms with van der Waals surface area (Å²) in [6.07, 6.45) is -15.2. The molecule has 5 N–H and O–H groups in total. The molecule has 3 aliphatic carbocycles. The highest BCUT2D eigenvalue weighted by atomic mass is 19.2. The average molecular weight is 1180 g/mol. The van der Waals surface area contributed by atoms with Crippen molar-refractivity contribution in [1.82, 2.24) is 10.6 Å². The molecule has 2 amide bonds. The molecule has 1 heterocycles. The second kappa shape index (κ2) is 23.8. The third kappa shape index (κ3) is 11.1. The first-order valence-corrected chi connectivity index (χ1v) is 27.2. The number of halogens is 3. The molecule has 19 nitrogen and oxygen atoms in total. The quantitative estimate of drug-likeness (QED) is 0.0317. The number of aliphatic hydroxyl groups is 3. The first kappa shape index (κ1) is 61.0. The molecule has 4 aliphatic rings. The van der Waals surface area contributed by atoms with Crippen molar-refractivity contribution in [1.29, 1.82) is 0 Å². The summed E-state index contributed by atoms with van der Waals surface area (Å²) in [4.78, 5) is 115. The van der Waals surface area contributed by atoms with Gasteiger partial charge in [-0.1, -0.05) is 111 Å². The molecule has 1 aliphatic heterocycles. The number of Topliss-reactive ketones (excluding diaryl/α,β-unsaturated/α-hetero) is 1. The van der Waals surface area contributed by atoms with Crippen molar-refractivity contribution in [2.24, 2.45) is 16.7 Å². The number of fused-ring (bicyclic) bond motifs is 5. The van der Waals surface area contributed by atoms with E-state index in [9.17, 15) is 57.7 Å². The summed E-state index contributed by atoms with van der Waals surface area (Å²) in [6.45, 7) is 7.03. The second-order valence-corrected chi connectivity index (χ2v) is 22.3. The first-order chi connectivity index (χ1) is 40.3. The zero-order chi connectivity index (χ0) is 61.5. The SMILES string of the molecule is CC(=O)O[C@H]1C(=O)[C@@]2(C)C(C(OC(=O)c3ccccc3)[C@]3(O)C[C@H](OC(=O)[C@H](O)[C@@H](NC(=O)c4ccccc4)c4ccccc4)C(C)=C1C3(C)C)[C@]1(OC(C)=O)CO[C@@H]1C[C@@H]2OC(=O)C(O)C(NC(=O)c1ccc(F)c(F)c1F)c1ccccc1. The van der Waals surface area contributed by atoms with Crippen molar-refractivity contribution in [3.05, 3.63) is 190 Å². The van der Waals surface area contributed by atoms with Crippen LogP contribution in [0.2, 0.25) is 0 Å². The van der Waals surface area contributed by atoms with E-state index in [4.69, 9.17) is 28.4 Å². The molecule has 85 heavy (non-hydrogen) atoms. The van der Waals surface area contributed by atoms with Gasteiger partial charge in [-0.15, -0.1) is 0 Å². The molecule has 2 bridgehead atoms. The predicted octanol–water partition coefficient (Wildman–Crippen LogP) is 6.24. The number of ether oxygens (including phenoxy) is 6. The Bertz CT molecular complexity index is 3460. The van der Waals surface area contributed by atoms with E-state index in [1.54, 1.807) is 60.7 Å². The number of aliphatic hydroxyl groups excluding tert-OH is 2. The van der Waals surface area contributed by atoms with Crippen LogP contribution in [0.3, 0.4) is 0 Å². The minimum atomic E-state index is -2.68. The van der Waals surface area contributed by atoms with E-state index in [0.717, 1.165) is 13.8 Å². The third-order valence-corrected chi connectivity index (χ3v) is 17.0. The maximum absolute atomic E-state index is 16.5. The van der Waals surface area contributed by atoms with Gasteiger partial charge in [0.05, 0.1) is 41.2 Å². The molecule has 1 saturated heterocycles. The van der Waals surface area contributed by atoms with Crippen molar-refractivity contribution >= 4 is 47.4 Å². The zero-order valence-electron chi connectivity index (χ0n) is 46.8. The van der Waals surface area contributed by atoms with Crippen LogP contribution < -0.4 is 10.6 Å². The maximum Gasteiger partial charge on any atom is 0.338 e. The smallest absolute Gasteiger partial charge is 0.338 e. The van der Waals surface area contributed by atoms with Crippen LogP contribution in [-0.2, 0) is 52.4 Å². The normalized spacial score (nSPS) is 27.0. The fourth-order valence-electron chi connectivity index (χ4n) is 12.6. The minimum Gasteiger partial charge on any atom is -0.459 e. The monoisotopic (exact) mass is 1170 g/mol. The Kier molecular flexibility index (Phi) is 17.1. The number of ketones is 1. The van der Waals surface area contributed by atoms with Gasteiger partial charge in [-0.3, -0.25) is 24.0 Å². The van der Waals surface area contributed by atoms with Gasteiger partial charge >= 0.3 is 29.8 Å². The van der Waals surface area contributed by atoms with Crippen LogP contribution in [0, 0.1) is 34.2 Å². The average Bonchev–Trinajstić information content (AvgIpc) is 0.720. The van der Waals surface area contributed by atoms with Crippen LogP contribution in [0.15, 0.2) is 145 Å². The topological polar surface area (TPSA) is 277 Å². The summed E-state index contributed by atoms with van der Waals surface area (Å²) in [7, 11) is 0. The molecule has 9 rings (SSSR count). The number of hydrogen-bond acceptors (Lipinski definition) is 17. The summed E-state index contributed by atoms with van der Waals surface area (Å²) in [5.74, 6) is -16.7. The maximum atomic E-state index is 16.5. The molecule has 0 spiro atoms. The largest absolute Gasteiger partial charge is 0.459 e. The highest BCUT2D eigenvalue weighted by molar-refractivity contribution is 5.97. The Balaban J connectivity index is 1.19. The third-order valence-electron chi connectivity index (χ3n) is 17.0. The van der Waals surface area contributed by atoms with E-state index in [-0.39, 0.29) is 33.4 Å². The van der Waals surface area contributed by atoms with E-state index < -0.39 is 173 Å². The first-order valence-electron chi connectivity index (χ1n) is 27.2. The van der Waals surface area contributed by atoms with Crippen molar-refractivity contribution in [2.45, 2.75) is 120 Å². The number of hydrogen-bond donors (Lipinski definition) is 5. The lowest BCUT2D eigenvalue weighted by Gasteiger charge is -2.67. The van der Waals surface area contributed by atoms with Gasteiger partial charge < -0.3 is 54.4 Å². The Morgan fingerprint density at radius 1 is 0.647 bits per heavy atom. The molecule has 13 atom stereocenters. The number of benzene rings is 5. The highest BCUT2D eigenvalue weighted by Gasteiger charge is 2.79. The van der Waals surface area contributed by atoms with E-state index in [2.05, 4.69) is 10.6 Å². The summed E-state index contributed by atoms with van der Waals surface area (Å²) in [5, 5.41) is 43.3. The van der Waals surface area contributed by atoms with Gasteiger partial charge in [-0.25, -0.2) is 27.6 Å². The second-order valence-electron chi connectivity index (χ2n) is 22.3. The van der Waals surface area contributed by atoms with Gasteiger partial charge in [-0.05, 0) is 72.5 Å². The molecule has 5 aromatic rings. The molecule has 0 radical (unpaired) electrons. The number of nitrogens with one attached hydrogen (secondary N) is 2. The van der Waals surface area contributed by atoms with Crippen molar-refractivity contribution in [3.63, 3.8) is 0 Å². The Labute approximate surface area is 485 Å². The summed E-state index contributed by atoms with van der Waals surface area (Å²) < 4.78 is 80.7. The van der Waals surface area contributed by atoms with Crippen LogP contribution in [0.1, 0.15) is 109 Å². The van der Waals surface area contributed by atoms with Crippen LogP contribution in [0.4, 0.5) is 13.2 Å². The molecular formula is C63H61F3N2O17. The molecule has 446 valence electrons. The lowest BCUT2D eigenvalue weighted by Crippen LogP contribution is -2.82. The van der Waals surface area contributed by atoms with Gasteiger partial charge in [-0.2, -0.15) is 0 Å². The molecule has 3 fully saturated rings. The molecule has 5 aromatic carbocycles. The molecular weight excluding hydrogens is 1110 g/mol. The number of esters is 5. The van der Waals surface area contributed by atoms with E-state index in [1.807, 2.05) is 0 Å².